The lowest BCUT2D eigenvalue weighted by molar-refractivity contribution is 0.0952. The molecule has 216 valence electrons. The van der Waals surface area contributed by atoms with Gasteiger partial charge in [0.2, 0.25) is 0 Å². The number of rotatable bonds is 11. The van der Waals surface area contributed by atoms with Crippen LogP contribution in [0.5, 0.6) is 0 Å². The monoisotopic (exact) mass is 619 g/mol. The van der Waals surface area contributed by atoms with Gasteiger partial charge >= 0.3 is 0 Å². The molecule has 0 fully saturated rings. The van der Waals surface area contributed by atoms with E-state index in [4.69, 9.17) is 0 Å². The second kappa shape index (κ2) is 13.2. The van der Waals surface area contributed by atoms with Crippen molar-refractivity contribution >= 4 is 57.5 Å². The molecule has 0 bridgehead atoms. The molecule has 0 radical (unpaired) electrons. The molecule has 6 aromatic rings. The van der Waals surface area contributed by atoms with Crippen LogP contribution >= 0.6 is 35.0 Å². The number of carbonyl (C=O) groups excluding carboxylic acids is 1. The Hall–Kier alpha value is -3.91. The SMILES string of the molecule is Cc1cc(NSc2cccs2)c2[nH]c(C(=O)NCCSC(c3ccccc3)(c3ccccc3)c3ccccc3)cc2c1C. The average Bonchev–Trinajstić information content (AvgIpc) is 3.75. The predicted molar refractivity (Wildman–Crippen MR) is 186 cm³/mol. The molecule has 7 heteroatoms. The van der Waals surface area contributed by atoms with Crippen LogP contribution in [0.2, 0.25) is 0 Å². The van der Waals surface area contributed by atoms with Gasteiger partial charge in [0.25, 0.3) is 5.91 Å². The van der Waals surface area contributed by atoms with Gasteiger partial charge in [0.15, 0.2) is 0 Å². The highest BCUT2D eigenvalue weighted by molar-refractivity contribution is 8.02. The normalized spacial score (nSPS) is 11.5. The topological polar surface area (TPSA) is 56.9 Å². The van der Waals surface area contributed by atoms with Crippen LogP contribution in [0.25, 0.3) is 10.9 Å². The first kappa shape index (κ1) is 29.2. The van der Waals surface area contributed by atoms with E-state index in [9.17, 15) is 4.79 Å². The molecule has 6 rings (SSSR count). The van der Waals surface area contributed by atoms with Gasteiger partial charge in [-0.1, -0.05) is 97.1 Å². The van der Waals surface area contributed by atoms with Crippen molar-refractivity contribution in [1.29, 1.82) is 0 Å². The molecule has 0 aliphatic carbocycles. The van der Waals surface area contributed by atoms with E-state index < -0.39 is 4.75 Å². The van der Waals surface area contributed by atoms with E-state index in [0.717, 1.165) is 22.3 Å². The summed E-state index contributed by atoms with van der Waals surface area (Å²) in [6.45, 7) is 4.75. The Morgan fingerprint density at radius 2 is 1.42 bits per heavy atom. The van der Waals surface area contributed by atoms with Crippen LogP contribution in [-0.2, 0) is 4.75 Å². The summed E-state index contributed by atoms with van der Waals surface area (Å²) >= 11 is 5.13. The molecule has 1 amide bonds. The number of aromatic nitrogens is 1. The van der Waals surface area contributed by atoms with E-state index in [1.165, 1.54) is 32.0 Å². The van der Waals surface area contributed by atoms with Crippen molar-refractivity contribution in [2.24, 2.45) is 0 Å². The summed E-state index contributed by atoms with van der Waals surface area (Å²) in [4.78, 5) is 16.8. The fourth-order valence-corrected chi connectivity index (χ4v) is 8.30. The Labute approximate surface area is 265 Å². The summed E-state index contributed by atoms with van der Waals surface area (Å²) in [5, 5.41) is 6.31. The maximum atomic E-state index is 13.4. The first-order chi connectivity index (χ1) is 21.1. The van der Waals surface area contributed by atoms with Crippen LogP contribution < -0.4 is 10.0 Å². The number of thioether (sulfide) groups is 1. The highest BCUT2D eigenvalue weighted by Gasteiger charge is 2.36. The number of aromatic amines is 1. The van der Waals surface area contributed by atoms with Gasteiger partial charge < -0.3 is 15.0 Å². The molecule has 0 aliphatic heterocycles. The van der Waals surface area contributed by atoms with Gasteiger partial charge in [-0.25, -0.2) is 0 Å². The molecule has 0 saturated carbocycles. The molecule has 0 spiro atoms. The summed E-state index contributed by atoms with van der Waals surface area (Å²) in [6, 6.07) is 40.2. The van der Waals surface area contributed by atoms with E-state index >= 15 is 0 Å². The van der Waals surface area contributed by atoms with Crippen LogP contribution in [0.15, 0.2) is 125 Å². The molecule has 4 nitrogen and oxygen atoms in total. The van der Waals surface area contributed by atoms with Crippen LogP contribution in [0.4, 0.5) is 5.69 Å². The van der Waals surface area contributed by atoms with Crippen LogP contribution in [0.3, 0.4) is 0 Å². The fourth-order valence-electron chi connectivity index (χ4n) is 5.43. The van der Waals surface area contributed by atoms with Crippen molar-refractivity contribution in [1.82, 2.24) is 10.3 Å². The van der Waals surface area contributed by atoms with Crippen molar-refractivity contribution in [3.05, 3.63) is 154 Å². The highest BCUT2D eigenvalue weighted by atomic mass is 32.2. The highest BCUT2D eigenvalue weighted by Crippen LogP contribution is 2.48. The van der Waals surface area contributed by atoms with Crippen molar-refractivity contribution in [2.45, 2.75) is 22.8 Å². The Kier molecular flexibility index (Phi) is 8.93. The van der Waals surface area contributed by atoms with Crippen LogP contribution in [0, 0.1) is 13.8 Å². The second-order valence-corrected chi connectivity index (χ2v) is 13.7. The Morgan fingerprint density at radius 1 is 0.814 bits per heavy atom. The summed E-state index contributed by atoms with van der Waals surface area (Å²) in [5.41, 5.74) is 8.49. The largest absolute Gasteiger partial charge is 0.350 e. The maximum absolute atomic E-state index is 13.4. The number of thiophene rings is 1. The van der Waals surface area contributed by atoms with Crippen LogP contribution in [-0.4, -0.2) is 23.2 Å². The lowest BCUT2D eigenvalue weighted by Crippen LogP contribution is -2.30. The van der Waals surface area contributed by atoms with Crippen molar-refractivity contribution in [2.75, 3.05) is 17.0 Å². The standard InChI is InChI=1S/C36H33N3OS3/c1-25-23-31(39-43-33-19-12-21-41-33)34-30(26(25)2)24-32(38-34)35(40)37-20-22-42-36(27-13-6-3-7-14-27,28-15-8-4-9-16-28)29-17-10-5-11-18-29/h3-19,21,23-24,38-39H,20,22H2,1-2H3,(H,37,40). The Bertz CT molecular complexity index is 1700. The first-order valence-corrected chi connectivity index (χ1v) is 16.9. The van der Waals surface area contributed by atoms with Gasteiger partial charge in [-0.05, 0) is 77.2 Å². The number of amides is 1. The third kappa shape index (κ3) is 6.11. The molecule has 4 aromatic carbocycles. The summed E-state index contributed by atoms with van der Waals surface area (Å²) < 4.78 is 4.26. The lowest BCUT2D eigenvalue weighted by Gasteiger charge is -2.35. The third-order valence-corrected chi connectivity index (χ3v) is 11.1. The molecule has 0 atom stereocenters. The number of anilines is 1. The van der Waals surface area contributed by atoms with E-state index in [1.807, 2.05) is 23.9 Å². The number of fused-ring (bicyclic) bond motifs is 1. The van der Waals surface area contributed by atoms with Crippen LogP contribution in [0.1, 0.15) is 38.3 Å². The second-order valence-electron chi connectivity index (χ2n) is 10.4. The predicted octanol–water partition coefficient (Wildman–Crippen LogP) is 9.42. The molecular weight excluding hydrogens is 587 g/mol. The molecule has 0 aliphatic rings. The minimum absolute atomic E-state index is 0.101. The number of hydrogen-bond donors (Lipinski definition) is 3. The van der Waals surface area contributed by atoms with Gasteiger partial charge in [-0.15, -0.1) is 23.1 Å². The van der Waals surface area contributed by atoms with E-state index in [-0.39, 0.29) is 5.91 Å². The molecule has 0 unspecified atom stereocenters. The van der Waals surface area contributed by atoms with Gasteiger partial charge in [0, 0.05) is 17.7 Å². The van der Waals surface area contributed by atoms with Gasteiger partial charge in [0.05, 0.1) is 20.2 Å². The quantitative estimate of drug-likeness (QED) is 0.0768. The molecule has 0 saturated heterocycles. The van der Waals surface area contributed by atoms with Crippen molar-refractivity contribution in [3.8, 4) is 0 Å². The van der Waals surface area contributed by atoms with Crippen molar-refractivity contribution < 1.29 is 4.79 Å². The van der Waals surface area contributed by atoms with Gasteiger partial charge in [-0.3, -0.25) is 4.79 Å². The average molecular weight is 620 g/mol. The Balaban J connectivity index is 1.22. The number of benzene rings is 4. The van der Waals surface area contributed by atoms with Gasteiger partial charge in [-0.2, -0.15) is 0 Å². The fraction of sp³-hybridized carbons (Fsp3) is 0.139. The third-order valence-electron chi connectivity index (χ3n) is 7.69. The molecule has 43 heavy (non-hydrogen) atoms. The molecule has 2 aromatic heterocycles. The number of carbonyl (C=O) groups is 1. The summed E-state index contributed by atoms with van der Waals surface area (Å²) in [5.74, 6) is 0.628. The number of nitrogens with one attached hydrogen (secondary N) is 3. The summed E-state index contributed by atoms with van der Waals surface area (Å²) in [7, 11) is 0. The molecule has 2 heterocycles. The first-order valence-electron chi connectivity index (χ1n) is 14.2. The number of aryl methyl sites for hydroxylation is 2. The van der Waals surface area contributed by atoms with E-state index in [1.54, 1.807) is 23.3 Å². The maximum Gasteiger partial charge on any atom is 0.267 e. The smallest absolute Gasteiger partial charge is 0.267 e. The minimum atomic E-state index is -0.412. The number of hydrogen-bond acceptors (Lipinski definition) is 5. The van der Waals surface area contributed by atoms with Gasteiger partial charge in [0.1, 0.15) is 5.69 Å². The summed E-state index contributed by atoms with van der Waals surface area (Å²) in [6.07, 6.45) is 0. The van der Waals surface area contributed by atoms with Crippen molar-refractivity contribution in [3.63, 3.8) is 0 Å². The zero-order valence-electron chi connectivity index (χ0n) is 24.1. The van der Waals surface area contributed by atoms with E-state index in [0.29, 0.717) is 12.2 Å². The molecule has 3 N–H and O–H groups in total. The number of H-pyrrole nitrogens is 1. The van der Waals surface area contributed by atoms with E-state index in [2.05, 4.69) is 137 Å². The zero-order chi connectivity index (χ0) is 29.6. The Morgan fingerprint density at radius 3 is 1.98 bits per heavy atom. The minimum Gasteiger partial charge on any atom is -0.350 e. The lowest BCUT2D eigenvalue weighted by atomic mass is 9.84. The molecular formula is C36H33N3OS3. The zero-order valence-corrected chi connectivity index (χ0v) is 26.5.